The molecule has 0 radical (unpaired) electrons. The van der Waals surface area contributed by atoms with Crippen molar-refractivity contribution >= 4 is 10.9 Å². The summed E-state index contributed by atoms with van der Waals surface area (Å²) in [5.41, 5.74) is 3.59. The molecule has 1 saturated carbocycles. The smallest absolute Gasteiger partial charge is 0.253 e. The van der Waals surface area contributed by atoms with Crippen LogP contribution in [0.4, 0.5) is 0 Å². The van der Waals surface area contributed by atoms with E-state index in [2.05, 4.69) is 44.5 Å². The van der Waals surface area contributed by atoms with Gasteiger partial charge in [-0.3, -0.25) is 9.69 Å². The first-order chi connectivity index (χ1) is 18.1. The maximum Gasteiger partial charge on any atom is 0.253 e. The minimum atomic E-state index is -0.459. The summed E-state index contributed by atoms with van der Waals surface area (Å²) in [4.78, 5) is 19.2. The van der Waals surface area contributed by atoms with Gasteiger partial charge in [0, 0.05) is 18.7 Å². The van der Waals surface area contributed by atoms with Crippen LogP contribution in [-0.4, -0.2) is 49.3 Å². The molecule has 1 saturated heterocycles. The quantitative estimate of drug-likeness (QED) is 0.375. The molecule has 9 heteroatoms. The van der Waals surface area contributed by atoms with Gasteiger partial charge in [-0.25, -0.2) is 4.68 Å². The van der Waals surface area contributed by atoms with Crippen molar-refractivity contribution in [2.24, 2.45) is 0 Å². The summed E-state index contributed by atoms with van der Waals surface area (Å²) in [5.74, 6) is 1.53. The Morgan fingerprint density at radius 3 is 2.78 bits per heavy atom. The number of furan rings is 1. The summed E-state index contributed by atoms with van der Waals surface area (Å²) in [6.45, 7) is 6.03. The van der Waals surface area contributed by atoms with Crippen molar-refractivity contribution in [3.63, 3.8) is 0 Å². The summed E-state index contributed by atoms with van der Waals surface area (Å²) >= 11 is 0. The van der Waals surface area contributed by atoms with E-state index in [1.807, 2.05) is 29.8 Å². The van der Waals surface area contributed by atoms with Gasteiger partial charge in [-0.05, 0) is 85.2 Å². The third-order valence-corrected chi connectivity index (χ3v) is 7.82. The van der Waals surface area contributed by atoms with Crippen molar-refractivity contribution in [3.8, 4) is 0 Å². The highest BCUT2D eigenvalue weighted by atomic mass is 16.5. The number of tetrazole rings is 1. The van der Waals surface area contributed by atoms with Gasteiger partial charge in [0.2, 0.25) is 0 Å². The van der Waals surface area contributed by atoms with E-state index >= 15 is 0 Å². The number of aromatic nitrogens is 5. The first-order valence-corrected chi connectivity index (χ1v) is 13.4. The van der Waals surface area contributed by atoms with Crippen LogP contribution < -0.4 is 5.56 Å². The second-order valence-corrected chi connectivity index (χ2v) is 10.6. The van der Waals surface area contributed by atoms with Gasteiger partial charge in [-0.1, -0.05) is 24.5 Å². The average molecular weight is 503 g/mol. The van der Waals surface area contributed by atoms with Crippen LogP contribution in [0.2, 0.25) is 0 Å². The van der Waals surface area contributed by atoms with Crippen molar-refractivity contribution < 1.29 is 9.15 Å². The third-order valence-electron chi connectivity index (χ3n) is 7.82. The second kappa shape index (κ2) is 10.2. The maximum atomic E-state index is 13.8. The molecule has 1 aromatic carbocycles. The molecule has 1 aliphatic carbocycles. The number of aromatic amines is 1. The van der Waals surface area contributed by atoms with Crippen LogP contribution in [0.1, 0.15) is 78.9 Å². The normalized spacial score (nSPS) is 19.4. The topological polar surface area (TPSA) is 102 Å². The van der Waals surface area contributed by atoms with E-state index in [1.54, 1.807) is 6.26 Å². The zero-order valence-electron chi connectivity index (χ0n) is 21.5. The van der Waals surface area contributed by atoms with E-state index in [4.69, 9.17) is 9.15 Å². The number of aryl methyl sites for hydroxylation is 2. The molecule has 1 aliphatic heterocycles. The molecule has 9 nitrogen and oxygen atoms in total. The first-order valence-electron chi connectivity index (χ1n) is 13.4. The number of hydrogen-bond donors (Lipinski definition) is 1. The van der Waals surface area contributed by atoms with Gasteiger partial charge in [0.15, 0.2) is 5.82 Å². The maximum absolute atomic E-state index is 13.8. The number of fused-ring (bicyclic) bond motifs is 1. The van der Waals surface area contributed by atoms with Crippen molar-refractivity contribution in [2.45, 2.75) is 77.1 Å². The first kappa shape index (κ1) is 24.1. The molecule has 1 N–H and O–H groups in total. The van der Waals surface area contributed by atoms with E-state index in [0.717, 1.165) is 72.9 Å². The number of H-pyrrole nitrogens is 1. The summed E-state index contributed by atoms with van der Waals surface area (Å²) < 4.78 is 13.8. The molecule has 6 rings (SSSR count). The van der Waals surface area contributed by atoms with Crippen LogP contribution in [0, 0.1) is 13.8 Å². The van der Waals surface area contributed by atoms with Gasteiger partial charge in [0.25, 0.3) is 5.56 Å². The van der Waals surface area contributed by atoms with Crippen LogP contribution in [0.15, 0.2) is 45.8 Å². The molecule has 3 aromatic heterocycles. The molecular weight excluding hydrogens is 468 g/mol. The van der Waals surface area contributed by atoms with Crippen molar-refractivity contribution in [2.75, 3.05) is 13.2 Å². The Labute approximate surface area is 215 Å². The monoisotopic (exact) mass is 502 g/mol. The lowest BCUT2D eigenvalue weighted by atomic mass is 9.99. The number of rotatable bonds is 8. The molecule has 37 heavy (non-hydrogen) atoms. The van der Waals surface area contributed by atoms with Crippen molar-refractivity contribution in [1.82, 2.24) is 30.1 Å². The van der Waals surface area contributed by atoms with Gasteiger partial charge in [0.05, 0.1) is 30.5 Å². The number of ether oxygens (including phenoxy) is 1. The molecule has 4 heterocycles. The fourth-order valence-electron chi connectivity index (χ4n) is 6.11. The summed E-state index contributed by atoms with van der Waals surface area (Å²) in [6, 6.07) is 9.88. The standard InChI is InChI=1S/C28H34N6O3/c1-18-13-19(2)25-20(14-18)15-24(28(35)29-25)26(27-30-31-32-34(27)21-7-3-4-8-21)33(16-22-9-5-11-36-22)17-23-10-6-12-37-23/h5,9,11,13-15,21,23,26H,3-4,6-8,10,12,16-17H2,1-2H3,(H,29,35)/t23-,26+/m0/s1. The zero-order valence-corrected chi connectivity index (χ0v) is 21.5. The average Bonchev–Trinajstić information content (AvgIpc) is 3.68. The molecule has 194 valence electrons. The highest BCUT2D eigenvalue weighted by Crippen LogP contribution is 2.35. The molecule has 0 unspecified atom stereocenters. The van der Waals surface area contributed by atoms with Crippen LogP contribution in [0.5, 0.6) is 0 Å². The predicted molar refractivity (Wildman–Crippen MR) is 139 cm³/mol. The van der Waals surface area contributed by atoms with Crippen molar-refractivity contribution in [1.29, 1.82) is 0 Å². The van der Waals surface area contributed by atoms with Crippen LogP contribution in [0.25, 0.3) is 10.9 Å². The Kier molecular flexibility index (Phi) is 6.65. The Hall–Kier alpha value is -3.30. The van der Waals surface area contributed by atoms with Gasteiger partial charge in [-0.15, -0.1) is 5.10 Å². The zero-order chi connectivity index (χ0) is 25.4. The Bertz CT molecular complexity index is 1410. The van der Waals surface area contributed by atoms with Gasteiger partial charge in [0.1, 0.15) is 11.8 Å². The molecule has 2 aliphatic rings. The van der Waals surface area contributed by atoms with E-state index in [1.165, 1.54) is 0 Å². The van der Waals surface area contributed by atoms with E-state index < -0.39 is 6.04 Å². The number of hydrogen-bond acceptors (Lipinski definition) is 7. The number of pyridine rings is 1. The summed E-state index contributed by atoms with van der Waals surface area (Å²) in [6.07, 6.45) is 8.21. The van der Waals surface area contributed by atoms with Gasteiger partial charge < -0.3 is 14.1 Å². The van der Waals surface area contributed by atoms with E-state index in [0.29, 0.717) is 24.5 Å². The van der Waals surface area contributed by atoms with Crippen molar-refractivity contribution in [3.05, 3.63) is 75.2 Å². The number of nitrogens with one attached hydrogen (secondary N) is 1. The lowest BCUT2D eigenvalue weighted by Crippen LogP contribution is -2.39. The highest BCUT2D eigenvalue weighted by Gasteiger charge is 2.35. The Morgan fingerprint density at radius 2 is 2.03 bits per heavy atom. The predicted octanol–water partition coefficient (Wildman–Crippen LogP) is 4.61. The minimum absolute atomic E-state index is 0.0808. The fraction of sp³-hybridized carbons (Fsp3) is 0.500. The van der Waals surface area contributed by atoms with Crippen LogP contribution in [0.3, 0.4) is 0 Å². The Morgan fingerprint density at radius 1 is 1.16 bits per heavy atom. The van der Waals surface area contributed by atoms with Crippen LogP contribution >= 0.6 is 0 Å². The molecule has 4 aromatic rings. The molecule has 2 fully saturated rings. The second-order valence-electron chi connectivity index (χ2n) is 10.6. The fourth-order valence-corrected chi connectivity index (χ4v) is 6.11. The van der Waals surface area contributed by atoms with Gasteiger partial charge in [-0.2, -0.15) is 0 Å². The van der Waals surface area contributed by atoms with E-state index in [9.17, 15) is 4.79 Å². The summed E-state index contributed by atoms with van der Waals surface area (Å²) in [5, 5.41) is 14.1. The third kappa shape index (κ3) is 4.85. The SMILES string of the molecule is Cc1cc(C)c2[nH]c(=O)c([C@H](c3nnnn3C3CCCC3)N(Cc3ccco3)C[C@@H]3CCCO3)cc2c1. The molecule has 0 spiro atoms. The molecule has 2 atom stereocenters. The minimum Gasteiger partial charge on any atom is -0.468 e. The summed E-state index contributed by atoms with van der Waals surface area (Å²) in [7, 11) is 0. The highest BCUT2D eigenvalue weighted by molar-refractivity contribution is 5.83. The molecule has 0 amide bonds. The largest absolute Gasteiger partial charge is 0.468 e. The number of nitrogens with zero attached hydrogens (tertiary/aromatic N) is 5. The lowest BCUT2D eigenvalue weighted by molar-refractivity contribution is 0.0541. The van der Waals surface area contributed by atoms with Gasteiger partial charge >= 0.3 is 0 Å². The van der Waals surface area contributed by atoms with E-state index in [-0.39, 0.29) is 17.7 Å². The van der Waals surface area contributed by atoms with Crippen LogP contribution in [-0.2, 0) is 11.3 Å². The molecule has 0 bridgehead atoms. The molecular formula is C28H34N6O3. The lowest BCUT2D eigenvalue weighted by Gasteiger charge is -2.32. The number of benzene rings is 1. The Balaban J connectivity index is 1.52.